The lowest BCUT2D eigenvalue weighted by Crippen LogP contribution is -2.51. The van der Waals surface area contributed by atoms with Gasteiger partial charge in [-0.25, -0.2) is 0 Å². The topological polar surface area (TPSA) is 82.7 Å². The zero-order valence-corrected chi connectivity index (χ0v) is 9.93. The maximum absolute atomic E-state index is 11.5. The summed E-state index contributed by atoms with van der Waals surface area (Å²) in [6, 6.07) is 3.54. The molecule has 3 N–H and O–H groups in total. The molecule has 1 amide bonds. The lowest BCUT2D eigenvalue weighted by Gasteiger charge is -2.25. The molecule has 0 aromatic carbocycles. The largest absolute Gasteiger partial charge is 0.462 e. The van der Waals surface area contributed by atoms with Crippen LogP contribution in [0.25, 0.3) is 6.08 Å². The lowest BCUT2D eigenvalue weighted by atomic mass is 10.1. The van der Waals surface area contributed by atoms with Crippen LogP contribution in [0.2, 0.25) is 0 Å². The number of aliphatic hydroxyl groups excluding tert-OH is 2. The van der Waals surface area contributed by atoms with E-state index in [1.54, 1.807) is 19.1 Å². The van der Waals surface area contributed by atoms with Crippen molar-refractivity contribution in [1.82, 2.24) is 5.32 Å². The average molecular weight is 239 g/mol. The Hall–Kier alpha value is -1.59. The first kappa shape index (κ1) is 13.5. The van der Waals surface area contributed by atoms with Crippen molar-refractivity contribution in [2.45, 2.75) is 19.4 Å². The van der Waals surface area contributed by atoms with Gasteiger partial charge in [0.1, 0.15) is 11.5 Å². The molecule has 17 heavy (non-hydrogen) atoms. The Morgan fingerprint density at radius 2 is 2.12 bits per heavy atom. The Morgan fingerprint density at radius 1 is 1.47 bits per heavy atom. The van der Waals surface area contributed by atoms with Gasteiger partial charge in [-0.15, -0.1) is 0 Å². The van der Waals surface area contributed by atoms with Gasteiger partial charge in [-0.3, -0.25) is 4.79 Å². The number of hydrogen-bond donors (Lipinski definition) is 3. The number of nitrogens with one attached hydrogen (secondary N) is 1. The monoisotopic (exact) mass is 239 g/mol. The van der Waals surface area contributed by atoms with Gasteiger partial charge in [0.2, 0.25) is 5.91 Å². The number of hydrogen-bond acceptors (Lipinski definition) is 4. The predicted molar refractivity (Wildman–Crippen MR) is 63.2 cm³/mol. The Labute approximate surface area is 99.8 Å². The van der Waals surface area contributed by atoms with Crippen LogP contribution in [0.3, 0.4) is 0 Å². The zero-order chi connectivity index (χ0) is 12.9. The molecule has 5 heteroatoms. The van der Waals surface area contributed by atoms with E-state index in [1.807, 2.05) is 6.92 Å². The first-order chi connectivity index (χ1) is 7.99. The van der Waals surface area contributed by atoms with Crippen LogP contribution in [0.15, 0.2) is 22.6 Å². The Balaban J connectivity index is 2.58. The first-order valence-electron chi connectivity index (χ1n) is 5.27. The highest BCUT2D eigenvalue weighted by molar-refractivity contribution is 5.91. The summed E-state index contributed by atoms with van der Waals surface area (Å²) in [5, 5.41) is 20.5. The van der Waals surface area contributed by atoms with Gasteiger partial charge < -0.3 is 19.9 Å². The minimum atomic E-state index is -1.01. The van der Waals surface area contributed by atoms with Gasteiger partial charge >= 0.3 is 0 Å². The van der Waals surface area contributed by atoms with Crippen LogP contribution in [-0.2, 0) is 4.79 Å². The van der Waals surface area contributed by atoms with Crippen LogP contribution in [-0.4, -0.2) is 34.9 Å². The summed E-state index contributed by atoms with van der Waals surface area (Å²) >= 11 is 0. The molecule has 0 saturated carbocycles. The van der Waals surface area contributed by atoms with Crippen LogP contribution in [0.5, 0.6) is 0 Å². The van der Waals surface area contributed by atoms with Crippen LogP contribution in [0.1, 0.15) is 18.4 Å². The quantitative estimate of drug-likeness (QED) is 0.652. The Bertz CT molecular complexity index is 404. The fraction of sp³-hybridized carbons (Fsp3) is 0.417. The molecule has 5 nitrogen and oxygen atoms in total. The van der Waals surface area contributed by atoms with Gasteiger partial charge in [-0.05, 0) is 32.1 Å². The maximum Gasteiger partial charge on any atom is 0.244 e. The average Bonchev–Trinajstić information content (AvgIpc) is 2.72. The fourth-order valence-electron chi connectivity index (χ4n) is 1.17. The minimum absolute atomic E-state index is 0.330. The summed E-state index contributed by atoms with van der Waals surface area (Å²) in [4.78, 5) is 11.5. The van der Waals surface area contributed by atoms with Crippen LogP contribution < -0.4 is 5.32 Å². The number of carbonyl (C=O) groups is 1. The Morgan fingerprint density at radius 3 is 2.59 bits per heavy atom. The van der Waals surface area contributed by atoms with Crippen molar-refractivity contribution in [3.05, 3.63) is 29.7 Å². The lowest BCUT2D eigenvalue weighted by molar-refractivity contribution is -0.119. The molecule has 0 radical (unpaired) electrons. The Kier molecular flexibility index (Phi) is 4.48. The molecule has 0 aliphatic heterocycles. The molecule has 0 saturated heterocycles. The van der Waals surface area contributed by atoms with Gasteiger partial charge in [-0.1, -0.05) is 0 Å². The smallest absolute Gasteiger partial charge is 0.244 e. The molecule has 0 aliphatic rings. The number of carbonyl (C=O) groups excluding carboxylic acids is 1. The van der Waals surface area contributed by atoms with Gasteiger partial charge in [0.05, 0.1) is 18.8 Å². The van der Waals surface area contributed by atoms with Gasteiger partial charge in [0.15, 0.2) is 0 Å². The molecular formula is C12H17NO4. The maximum atomic E-state index is 11.5. The SMILES string of the molecule is Cc1ccc(/C=C/C(=O)NC(C)(CO)CO)o1. The molecule has 0 aliphatic carbocycles. The molecule has 0 unspecified atom stereocenters. The van der Waals surface area contributed by atoms with Crippen molar-refractivity contribution in [3.63, 3.8) is 0 Å². The normalized spacial score (nSPS) is 12.0. The number of rotatable bonds is 5. The molecular weight excluding hydrogens is 222 g/mol. The number of aliphatic hydroxyl groups is 2. The van der Waals surface area contributed by atoms with Gasteiger partial charge in [0.25, 0.3) is 0 Å². The van der Waals surface area contributed by atoms with Gasteiger partial charge in [-0.2, -0.15) is 0 Å². The molecule has 1 rings (SSSR count). The molecule has 0 spiro atoms. The van der Waals surface area contributed by atoms with Crippen LogP contribution in [0, 0.1) is 6.92 Å². The molecule has 0 bridgehead atoms. The van der Waals surface area contributed by atoms with Crippen molar-refractivity contribution in [2.24, 2.45) is 0 Å². The third-order valence-electron chi connectivity index (χ3n) is 2.28. The third-order valence-corrected chi connectivity index (χ3v) is 2.28. The molecule has 0 fully saturated rings. The number of amides is 1. The second kappa shape index (κ2) is 5.65. The van der Waals surface area contributed by atoms with E-state index in [4.69, 9.17) is 14.6 Å². The number of aryl methyl sites for hydroxylation is 1. The second-order valence-corrected chi connectivity index (χ2v) is 4.15. The van der Waals surface area contributed by atoms with Crippen molar-refractivity contribution in [3.8, 4) is 0 Å². The summed E-state index contributed by atoms with van der Waals surface area (Å²) in [5.41, 5.74) is -1.01. The summed E-state index contributed by atoms with van der Waals surface area (Å²) in [5.74, 6) is 0.942. The van der Waals surface area contributed by atoms with E-state index in [1.165, 1.54) is 12.2 Å². The molecule has 1 aromatic rings. The van der Waals surface area contributed by atoms with Crippen molar-refractivity contribution >= 4 is 12.0 Å². The van der Waals surface area contributed by atoms with Crippen molar-refractivity contribution < 1.29 is 19.4 Å². The zero-order valence-electron chi connectivity index (χ0n) is 9.93. The highest BCUT2D eigenvalue weighted by Crippen LogP contribution is 2.08. The fourth-order valence-corrected chi connectivity index (χ4v) is 1.17. The van der Waals surface area contributed by atoms with E-state index in [0.717, 1.165) is 5.76 Å². The van der Waals surface area contributed by atoms with Crippen molar-refractivity contribution in [2.75, 3.05) is 13.2 Å². The minimum Gasteiger partial charge on any atom is -0.462 e. The highest BCUT2D eigenvalue weighted by Gasteiger charge is 2.23. The highest BCUT2D eigenvalue weighted by atomic mass is 16.3. The number of furan rings is 1. The second-order valence-electron chi connectivity index (χ2n) is 4.15. The van der Waals surface area contributed by atoms with Crippen LogP contribution in [0.4, 0.5) is 0 Å². The third kappa shape index (κ3) is 4.05. The standard InChI is InChI=1S/C12H17NO4/c1-9-3-4-10(17-9)5-6-11(16)13-12(2,7-14)8-15/h3-6,14-15H,7-8H2,1-2H3,(H,13,16)/b6-5+. The van der Waals surface area contributed by atoms with E-state index in [9.17, 15) is 4.79 Å². The summed E-state index contributed by atoms with van der Waals surface area (Å²) in [6.45, 7) is 2.70. The van der Waals surface area contributed by atoms with Crippen molar-refractivity contribution in [1.29, 1.82) is 0 Å². The van der Waals surface area contributed by atoms with E-state index >= 15 is 0 Å². The van der Waals surface area contributed by atoms with E-state index in [2.05, 4.69) is 5.32 Å². The summed E-state index contributed by atoms with van der Waals surface area (Å²) < 4.78 is 5.25. The van der Waals surface area contributed by atoms with Crippen LogP contribution >= 0.6 is 0 Å². The molecule has 94 valence electrons. The summed E-state index contributed by atoms with van der Waals surface area (Å²) in [6.07, 6.45) is 2.82. The van der Waals surface area contributed by atoms with E-state index in [-0.39, 0.29) is 13.2 Å². The van der Waals surface area contributed by atoms with Gasteiger partial charge in [0, 0.05) is 6.08 Å². The first-order valence-corrected chi connectivity index (χ1v) is 5.27. The molecule has 0 atom stereocenters. The molecule has 1 heterocycles. The van der Waals surface area contributed by atoms with E-state index < -0.39 is 11.4 Å². The predicted octanol–water partition coefficient (Wildman–Crippen LogP) is 0.461. The molecule has 1 aromatic heterocycles. The van der Waals surface area contributed by atoms with E-state index in [0.29, 0.717) is 5.76 Å². The summed E-state index contributed by atoms with van der Waals surface area (Å²) in [7, 11) is 0.